The predicted molar refractivity (Wildman–Crippen MR) is 104 cm³/mol. The van der Waals surface area contributed by atoms with E-state index >= 15 is 0 Å². The van der Waals surface area contributed by atoms with Gasteiger partial charge in [0.05, 0.1) is 35.9 Å². The van der Waals surface area contributed by atoms with E-state index in [0.29, 0.717) is 13.1 Å². The summed E-state index contributed by atoms with van der Waals surface area (Å²) < 4.78 is 3.98. The van der Waals surface area contributed by atoms with Crippen LogP contribution < -0.4 is 0 Å². The van der Waals surface area contributed by atoms with E-state index in [1.165, 1.54) is 10.9 Å². The number of nitrogens with zero attached hydrogens (tertiary/aromatic N) is 5. The van der Waals surface area contributed by atoms with Gasteiger partial charge in [-0.2, -0.15) is 10.2 Å². The number of pyridine rings is 1. The molecular weight excluding hydrogens is 493 g/mol. The zero-order chi connectivity index (χ0) is 18.4. The predicted octanol–water partition coefficient (Wildman–Crippen LogP) is 4.49. The van der Waals surface area contributed by atoms with Gasteiger partial charge in [-0.05, 0) is 52.0 Å². The molecule has 0 aliphatic carbocycles. The quantitative estimate of drug-likeness (QED) is 0.483. The van der Waals surface area contributed by atoms with Crippen LogP contribution in [0.1, 0.15) is 34.2 Å². The van der Waals surface area contributed by atoms with Crippen LogP contribution in [0.25, 0.3) is 0 Å². The first kappa shape index (κ1) is 20.3. The van der Waals surface area contributed by atoms with Gasteiger partial charge in [-0.15, -0.1) is 0 Å². The second-order valence-corrected chi connectivity index (χ2v) is 10.8. The standard InChI is InChI=1S/C17H21N5.2BrH.Ni/c1-12-8-14(3)21(19-12)10-16-6-5-7-17(18-16)11-22-15(4)9-13(2)20-22;;;/h5-9H,10-11H2,1-4H3;2*1H;/q;;;+2/p-2. The third-order valence-corrected chi connectivity index (χ3v) is 3.69. The van der Waals surface area contributed by atoms with Crippen LogP contribution in [0, 0.1) is 27.7 Å². The molecule has 3 aromatic rings. The van der Waals surface area contributed by atoms with E-state index in [-0.39, 0.29) is 0 Å². The van der Waals surface area contributed by atoms with Crippen molar-refractivity contribution in [1.82, 2.24) is 24.5 Å². The summed E-state index contributed by atoms with van der Waals surface area (Å²) in [6.07, 6.45) is 0. The molecule has 0 bridgehead atoms. The topological polar surface area (TPSA) is 48.5 Å². The van der Waals surface area contributed by atoms with Gasteiger partial charge in [0.15, 0.2) is 0 Å². The average molecular weight is 514 g/mol. The second kappa shape index (κ2) is 9.65. The van der Waals surface area contributed by atoms with Gasteiger partial charge in [-0.3, -0.25) is 14.3 Å². The van der Waals surface area contributed by atoms with Crippen LogP contribution in [0.3, 0.4) is 0 Å². The number of hydrogen-bond donors (Lipinski definition) is 0. The molecule has 0 fully saturated rings. The molecule has 0 aromatic carbocycles. The third kappa shape index (κ3) is 6.05. The summed E-state index contributed by atoms with van der Waals surface area (Å²) in [5.41, 5.74) is 6.43. The molecule has 0 unspecified atom stereocenters. The van der Waals surface area contributed by atoms with Gasteiger partial charge in [-0.1, -0.05) is 6.07 Å². The molecule has 25 heavy (non-hydrogen) atoms. The van der Waals surface area contributed by atoms with E-state index in [2.05, 4.69) is 70.7 Å². The fourth-order valence-corrected chi connectivity index (χ4v) is 2.68. The zero-order valence-corrected chi connectivity index (χ0v) is 18.8. The summed E-state index contributed by atoms with van der Waals surface area (Å²) in [4.78, 5) is 4.74. The molecule has 8 heteroatoms. The van der Waals surface area contributed by atoms with Crippen LogP contribution in [-0.4, -0.2) is 24.5 Å². The fraction of sp³-hybridized carbons (Fsp3) is 0.353. The number of aryl methyl sites for hydroxylation is 4. The van der Waals surface area contributed by atoms with Crippen LogP contribution in [-0.2, 0) is 24.0 Å². The Kier molecular flexibility index (Phi) is 7.85. The van der Waals surface area contributed by atoms with E-state index in [4.69, 9.17) is 4.98 Å². The first-order chi connectivity index (χ1) is 11.9. The van der Waals surface area contributed by atoms with Gasteiger partial charge in [-0.25, -0.2) is 0 Å². The van der Waals surface area contributed by atoms with E-state index < -0.39 is 0 Å². The molecule has 0 saturated carbocycles. The van der Waals surface area contributed by atoms with E-state index in [1.807, 2.05) is 35.3 Å². The van der Waals surface area contributed by atoms with Gasteiger partial charge in [0.25, 0.3) is 0 Å². The Morgan fingerprint density at radius 2 is 1.24 bits per heavy atom. The van der Waals surface area contributed by atoms with Crippen LogP contribution in [0.15, 0.2) is 30.3 Å². The summed E-state index contributed by atoms with van der Waals surface area (Å²) in [6.45, 7) is 9.56. The minimum absolute atomic E-state index is 0.699. The normalized spacial score (nSPS) is 10.6. The van der Waals surface area contributed by atoms with E-state index in [1.54, 1.807) is 0 Å². The Morgan fingerprint density at radius 3 is 1.56 bits per heavy atom. The van der Waals surface area contributed by atoms with Crippen LogP contribution >= 0.6 is 28.5 Å². The Hall–Kier alpha value is -0.976. The molecule has 138 valence electrons. The summed E-state index contributed by atoms with van der Waals surface area (Å²) >= 11 is 6.00. The second-order valence-electron chi connectivity index (χ2n) is 5.83. The monoisotopic (exact) mass is 511 g/mol. The van der Waals surface area contributed by atoms with Gasteiger partial charge in [0, 0.05) is 11.4 Å². The molecule has 0 aliphatic heterocycles. The van der Waals surface area contributed by atoms with Crippen molar-refractivity contribution >= 4 is 28.5 Å². The van der Waals surface area contributed by atoms with Crippen molar-refractivity contribution < 1.29 is 10.9 Å². The van der Waals surface area contributed by atoms with Gasteiger partial charge in [0.1, 0.15) is 0 Å². The van der Waals surface area contributed by atoms with Crippen molar-refractivity contribution in [2.45, 2.75) is 40.8 Å². The Labute approximate surface area is 168 Å². The SMILES string of the molecule is Cc1cc(C)n(Cc2cccc(Cn3nc(C)cc3C)n2)n1.[Br][Ni][Br]. The van der Waals surface area contributed by atoms with Crippen LogP contribution in [0.5, 0.6) is 0 Å². The molecular formula is C17H21Br2N5Ni. The molecule has 5 nitrogen and oxygen atoms in total. The molecule has 3 rings (SSSR count). The Bertz CT molecular complexity index is 765. The van der Waals surface area contributed by atoms with E-state index in [9.17, 15) is 0 Å². The third-order valence-electron chi connectivity index (χ3n) is 3.69. The molecule has 3 aromatic heterocycles. The number of rotatable bonds is 4. The van der Waals surface area contributed by atoms with Gasteiger partial charge >= 0.3 is 39.3 Å². The maximum absolute atomic E-state index is 4.74. The first-order valence-corrected chi connectivity index (χ1v) is 12.6. The van der Waals surface area contributed by atoms with Crippen molar-refractivity contribution in [2.24, 2.45) is 0 Å². The molecule has 0 saturated heterocycles. The molecule has 0 N–H and O–H groups in total. The first-order valence-electron chi connectivity index (χ1n) is 7.72. The fourth-order valence-electron chi connectivity index (χ4n) is 2.68. The molecule has 0 atom stereocenters. The van der Waals surface area contributed by atoms with Crippen molar-refractivity contribution in [3.05, 3.63) is 64.5 Å². The van der Waals surface area contributed by atoms with Crippen molar-refractivity contribution in [3.8, 4) is 0 Å². The van der Waals surface area contributed by atoms with Crippen molar-refractivity contribution in [1.29, 1.82) is 0 Å². The average Bonchev–Trinajstić information content (AvgIpc) is 3.01. The minimum atomic E-state index is 0.699. The number of hydrogen-bond acceptors (Lipinski definition) is 3. The Balaban J connectivity index is 0.000000701. The van der Waals surface area contributed by atoms with E-state index in [0.717, 1.165) is 34.2 Å². The summed E-state index contributed by atoms with van der Waals surface area (Å²) in [5.74, 6) is 0. The van der Waals surface area contributed by atoms with Gasteiger partial charge < -0.3 is 0 Å². The summed E-state index contributed by atoms with van der Waals surface area (Å²) in [7, 11) is 1.25. The molecule has 0 spiro atoms. The Morgan fingerprint density at radius 1 is 0.840 bits per heavy atom. The van der Waals surface area contributed by atoms with Crippen LogP contribution in [0.2, 0.25) is 0 Å². The van der Waals surface area contributed by atoms with Crippen molar-refractivity contribution in [2.75, 3.05) is 0 Å². The summed E-state index contributed by atoms with van der Waals surface area (Å²) in [6, 6.07) is 10.3. The van der Waals surface area contributed by atoms with Crippen molar-refractivity contribution in [3.63, 3.8) is 0 Å². The molecule has 0 radical (unpaired) electrons. The number of aromatic nitrogens is 5. The molecule has 0 amide bonds. The molecule has 0 aliphatic rings. The van der Waals surface area contributed by atoms with Crippen LogP contribution in [0.4, 0.5) is 0 Å². The summed E-state index contributed by atoms with van der Waals surface area (Å²) in [5, 5.41) is 8.99. The maximum atomic E-state index is 4.74. The molecule has 3 heterocycles. The number of halogens is 2. The zero-order valence-electron chi connectivity index (χ0n) is 14.6. The van der Waals surface area contributed by atoms with Gasteiger partial charge in [0.2, 0.25) is 0 Å².